The standard InChI is InChI=1S/C22H25NO2/c24-21-11-13-22(12-4-16-25-22)14-15-23(21)17-18-7-9-20(10-8-18)19-5-2-1-3-6-19/h1-3,5-10H,4,11-17H2/t22-/m0/s1. The molecule has 2 heterocycles. The molecule has 1 amide bonds. The third-order valence-electron chi connectivity index (χ3n) is 5.60. The first-order valence-electron chi connectivity index (χ1n) is 9.30. The third-order valence-corrected chi connectivity index (χ3v) is 5.60. The van der Waals surface area contributed by atoms with E-state index in [9.17, 15) is 4.79 Å². The summed E-state index contributed by atoms with van der Waals surface area (Å²) >= 11 is 0. The maximum atomic E-state index is 12.5. The third kappa shape index (κ3) is 3.62. The fourth-order valence-corrected chi connectivity index (χ4v) is 4.05. The van der Waals surface area contributed by atoms with Gasteiger partial charge in [0, 0.05) is 26.1 Å². The summed E-state index contributed by atoms with van der Waals surface area (Å²) < 4.78 is 5.99. The zero-order valence-corrected chi connectivity index (χ0v) is 14.6. The average Bonchev–Trinajstić information content (AvgIpc) is 3.07. The van der Waals surface area contributed by atoms with Crippen molar-refractivity contribution in [3.05, 3.63) is 60.2 Å². The highest BCUT2D eigenvalue weighted by Gasteiger charge is 2.38. The van der Waals surface area contributed by atoms with Gasteiger partial charge < -0.3 is 9.64 Å². The van der Waals surface area contributed by atoms with E-state index in [4.69, 9.17) is 4.74 Å². The summed E-state index contributed by atoms with van der Waals surface area (Å²) in [4.78, 5) is 14.5. The summed E-state index contributed by atoms with van der Waals surface area (Å²) in [5, 5.41) is 0. The molecule has 2 saturated heterocycles. The highest BCUT2D eigenvalue weighted by molar-refractivity contribution is 5.76. The van der Waals surface area contributed by atoms with Crippen molar-refractivity contribution in [3.63, 3.8) is 0 Å². The number of likely N-dealkylation sites (tertiary alicyclic amines) is 1. The second-order valence-electron chi connectivity index (χ2n) is 7.26. The van der Waals surface area contributed by atoms with E-state index in [0.29, 0.717) is 13.0 Å². The molecular formula is C22H25NO2. The first-order chi connectivity index (χ1) is 12.2. The van der Waals surface area contributed by atoms with Crippen molar-refractivity contribution in [2.75, 3.05) is 13.2 Å². The van der Waals surface area contributed by atoms with Crippen LogP contribution in [0, 0.1) is 0 Å². The fraction of sp³-hybridized carbons (Fsp3) is 0.409. The number of rotatable bonds is 3. The lowest BCUT2D eigenvalue weighted by atomic mass is 9.92. The number of hydrogen-bond donors (Lipinski definition) is 0. The Morgan fingerprint density at radius 1 is 0.920 bits per heavy atom. The molecule has 3 nitrogen and oxygen atoms in total. The van der Waals surface area contributed by atoms with E-state index in [0.717, 1.165) is 38.8 Å². The van der Waals surface area contributed by atoms with E-state index in [-0.39, 0.29) is 11.5 Å². The van der Waals surface area contributed by atoms with E-state index in [1.807, 2.05) is 11.0 Å². The number of hydrogen-bond acceptors (Lipinski definition) is 2. The van der Waals surface area contributed by atoms with Gasteiger partial charge in [0.25, 0.3) is 0 Å². The summed E-state index contributed by atoms with van der Waals surface area (Å²) in [5.74, 6) is 0.263. The van der Waals surface area contributed by atoms with Gasteiger partial charge >= 0.3 is 0 Å². The molecule has 2 aliphatic heterocycles. The van der Waals surface area contributed by atoms with Crippen LogP contribution in [-0.4, -0.2) is 29.6 Å². The first-order valence-corrected chi connectivity index (χ1v) is 9.30. The van der Waals surface area contributed by atoms with E-state index in [2.05, 4.69) is 48.5 Å². The van der Waals surface area contributed by atoms with Crippen molar-refractivity contribution in [3.8, 4) is 11.1 Å². The van der Waals surface area contributed by atoms with Gasteiger partial charge in [0.1, 0.15) is 0 Å². The lowest BCUT2D eigenvalue weighted by Gasteiger charge is -2.26. The van der Waals surface area contributed by atoms with Crippen LogP contribution in [-0.2, 0) is 16.1 Å². The van der Waals surface area contributed by atoms with E-state index in [1.54, 1.807) is 0 Å². The molecule has 2 aromatic carbocycles. The van der Waals surface area contributed by atoms with Gasteiger partial charge in [0.2, 0.25) is 5.91 Å². The Morgan fingerprint density at radius 2 is 1.68 bits per heavy atom. The maximum Gasteiger partial charge on any atom is 0.222 e. The van der Waals surface area contributed by atoms with Gasteiger partial charge in [-0.1, -0.05) is 54.6 Å². The lowest BCUT2D eigenvalue weighted by Crippen LogP contribution is -2.32. The smallest absolute Gasteiger partial charge is 0.222 e. The van der Waals surface area contributed by atoms with Crippen molar-refractivity contribution in [1.82, 2.24) is 4.90 Å². The Balaban J connectivity index is 1.43. The second kappa shape index (κ2) is 7.01. The molecule has 4 rings (SSSR count). The Bertz CT molecular complexity index is 717. The minimum atomic E-state index is -0.0262. The monoisotopic (exact) mass is 335 g/mol. The van der Waals surface area contributed by atoms with Gasteiger partial charge in [0.15, 0.2) is 0 Å². The molecule has 2 fully saturated rings. The van der Waals surface area contributed by atoms with E-state index in [1.165, 1.54) is 16.7 Å². The Kier molecular flexibility index (Phi) is 4.58. The van der Waals surface area contributed by atoms with Crippen LogP contribution in [0.1, 0.15) is 37.7 Å². The highest BCUT2D eigenvalue weighted by atomic mass is 16.5. The van der Waals surface area contributed by atoms with Gasteiger partial charge in [-0.3, -0.25) is 4.79 Å². The van der Waals surface area contributed by atoms with Crippen LogP contribution in [0.15, 0.2) is 54.6 Å². The largest absolute Gasteiger partial charge is 0.375 e. The van der Waals surface area contributed by atoms with E-state index >= 15 is 0 Å². The van der Waals surface area contributed by atoms with Crippen LogP contribution < -0.4 is 0 Å². The lowest BCUT2D eigenvalue weighted by molar-refractivity contribution is -0.131. The molecule has 130 valence electrons. The molecule has 3 heteroatoms. The number of nitrogens with zero attached hydrogens (tertiary/aromatic N) is 1. The van der Waals surface area contributed by atoms with E-state index < -0.39 is 0 Å². The molecule has 0 radical (unpaired) electrons. The molecule has 2 aliphatic rings. The SMILES string of the molecule is O=C1CC[C@@]2(CCCO2)CCN1Cc1ccc(-c2ccccc2)cc1. The summed E-state index contributed by atoms with van der Waals surface area (Å²) in [5.41, 5.74) is 3.60. The zero-order valence-electron chi connectivity index (χ0n) is 14.6. The minimum absolute atomic E-state index is 0.0262. The normalized spacial score (nSPS) is 23.8. The van der Waals surface area contributed by atoms with Crippen LogP contribution in [0.3, 0.4) is 0 Å². The molecule has 1 spiro atoms. The predicted octanol–water partition coefficient (Wildman–Crippen LogP) is 4.42. The Hall–Kier alpha value is -2.13. The maximum absolute atomic E-state index is 12.5. The topological polar surface area (TPSA) is 29.5 Å². The molecule has 2 aromatic rings. The molecule has 0 unspecified atom stereocenters. The molecule has 25 heavy (non-hydrogen) atoms. The summed E-state index contributed by atoms with van der Waals surface area (Å²) in [6.07, 6.45) is 4.72. The number of ether oxygens (including phenoxy) is 1. The Labute approximate surface area is 149 Å². The summed E-state index contributed by atoms with van der Waals surface area (Å²) in [6, 6.07) is 19.0. The second-order valence-corrected chi connectivity index (χ2v) is 7.26. The summed E-state index contributed by atoms with van der Waals surface area (Å²) in [7, 11) is 0. The van der Waals surface area contributed by atoms with Gasteiger partial charge in [0.05, 0.1) is 5.60 Å². The molecular weight excluding hydrogens is 310 g/mol. The highest BCUT2D eigenvalue weighted by Crippen LogP contribution is 2.36. The van der Waals surface area contributed by atoms with Crippen LogP contribution in [0.2, 0.25) is 0 Å². The van der Waals surface area contributed by atoms with Crippen LogP contribution >= 0.6 is 0 Å². The number of benzene rings is 2. The van der Waals surface area contributed by atoms with Gasteiger partial charge in [-0.15, -0.1) is 0 Å². The van der Waals surface area contributed by atoms with Gasteiger partial charge in [-0.2, -0.15) is 0 Å². The summed E-state index contributed by atoms with van der Waals surface area (Å²) in [6.45, 7) is 2.36. The van der Waals surface area contributed by atoms with Crippen LogP contribution in [0.5, 0.6) is 0 Å². The average molecular weight is 335 g/mol. The fourth-order valence-electron chi connectivity index (χ4n) is 4.05. The molecule has 0 bridgehead atoms. The van der Waals surface area contributed by atoms with Crippen molar-refractivity contribution in [2.24, 2.45) is 0 Å². The van der Waals surface area contributed by atoms with Gasteiger partial charge in [-0.05, 0) is 42.4 Å². The molecule has 0 N–H and O–H groups in total. The predicted molar refractivity (Wildman–Crippen MR) is 99.1 cm³/mol. The van der Waals surface area contributed by atoms with Crippen LogP contribution in [0.25, 0.3) is 11.1 Å². The minimum Gasteiger partial charge on any atom is -0.375 e. The van der Waals surface area contributed by atoms with Gasteiger partial charge in [-0.25, -0.2) is 0 Å². The van der Waals surface area contributed by atoms with Crippen molar-refractivity contribution in [1.29, 1.82) is 0 Å². The van der Waals surface area contributed by atoms with Crippen LogP contribution in [0.4, 0.5) is 0 Å². The molecule has 0 aliphatic carbocycles. The number of amides is 1. The van der Waals surface area contributed by atoms with Crippen molar-refractivity contribution < 1.29 is 9.53 Å². The first kappa shape index (κ1) is 16.3. The number of carbonyl (C=O) groups is 1. The van der Waals surface area contributed by atoms with Crippen molar-refractivity contribution >= 4 is 5.91 Å². The molecule has 1 atom stereocenters. The Morgan fingerprint density at radius 3 is 2.40 bits per heavy atom. The quantitative estimate of drug-likeness (QED) is 0.831. The number of carbonyl (C=O) groups excluding carboxylic acids is 1. The molecule has 0 saturated carbocycles. The van der Waals surface area contributed by atoms with Crippen molar-refractivity contribution in [2.45, 2.75) is 44.2 Å². The molecule has 0 aromatic heterocycles. The zero-order chi connectivity index (χ0) is 17.1.